The van der Waals surface area contributed by atoms with Gasteiger partial charge in [-0.25, -0.2) is 0 Å². The van der Waals surface area contributed by atoms with E-state index in [9.17, 15) is 9.59 Å². The summed E-state index contributed by atoms with van der Waals surface area (Å²) in [5.41, 5.74) is 0.559. The van der Waals surface area contributed by atoms with Gasteiger partial charge in [0.1, 0.15) is 0 Å². The number of allylic oxidation sites excluding steroid dienone is 2. The Morgan fingerprint density at radius 2 is 1.89 bits per heavy atom. The molecular weight excluding hydrogens is 380 g/mol. The molecule has 5 atom stereocenters. The Kier molecular flexibility index (Phi) is 4.91. The van der Waals surface area contributed by atoms with Crippen LogP contribution in [0.4, 0.5) is 0 Å². The summed E-state index contributed by atoms with van der Waals surface area (Å²) in [5.74, 6) is 0.291. The maximum absolute atomic E-state index is 12.8. The number of benzene rings is 1. The fourth-order valence-corrected chi connectivity index (χ4v) is 4.58. The van der Waals surface area contributed by atoms with Crippen molar-refractivity contribution in [1.82, 2.24) is 5.01 Å². The number of methoxy groups -OCH3 is 1. The van der Waals surface area contributed by atoms with Gasteiger partial charge in [0.15, 0.2) is 11.5 Å². The second-order valence-corrected chi connectivity index (χ2v) is 8.03. The van der Waals surface area contributed by atoms with E-state index in [1.807, 2.05) is 13.8 Å². The van der Waals surface area contributed by atoms with Crippen LogP contribution in [0.3, 0.4) is 0 Å². The molecule has 2 amide bonds. The zero-order valence-corrected chi connectivity index (χ0v) is 16.8. The van der Waals surface area contributed by atoms with Gasteiger partial charge in [-0.1, -0.05) is 30.7 Å². The van der Waals surface area contributed by atoms with Crippen LogP contribution in [0, 0.1) is 23.7 Å². The molecule has 28 heavy (non-hydrogen) atoms. The van der Waals surface area contributed by atoms with Crippen LogP contribution in [0.5, 0.6) is 11.5 Å². The molecule has 0 unspecified atom stereocenters. The van der Waals surface area contributed by atoms with Gasteiger partial charge in [0.2, 0.25) is 0 Å². The van der Waals surface area contributed by atoms with E-state index >= 15 is 0 Å². The van der Waals surface area contributed by atoms with Crippen molar-refractivity contribution in [2.24, 2.45) is 28.8 Å². The van der Waals surface area contributed by atoms with E-state index in [0.717, 1.165) is 17.9 Å². The number of nitrogens with zero attached hydrogens (tertiary/aromatic N) is 2. The number of hydrazone groups is 1. The van der Waals surface area contributed by atoms with E-state index in [4.69, 9.17) is 21.1 Å². The zero-order chi connectivity index (χ0) is 20.0. The summed E-state index contributed by atoms with van der Waals surface area (Å²) in [6.45, 7) is 3.97. The molecule has 1 heterocycles. The van der Waals surface area contributed by atoms with Crippen LogP contribution >= 0.6 is 11.6 Å². The Morgan fingerprint density at radius 3 is 2.46 bits per heavy atom. The number of carbonyl (C=O) groups is 2. The number of halogens is 1. The summed E-state index contributed by atoms with van der Waals surface area (Å²) in [6.07, 6.45) is 7.23. The van der Waals surface area contributed by atoms with Crippen molar-refractivity contribution in [3.05, 3.63) is 34.9 Å². The summed E-state index contributed by atoms with van der Waals surface area (Å²) < 4.78 is 11.4. The number of amides is 2. The fraction of sp³-hybridized carbons (Fsp3) is 0.476. The van der Waals surface area contributed by atoms with Crippen LogP contribution in [0.25, 0.3) is 0 Å². The molecule has 148 valence electrons. The van der Waals surface area contributed by atoms with Gasteiger partial charge < -0.3 is 9.47 Å². The summed E-state index contributed by atoms with van der Waals surface area (Å²) in [5, 5.41) is 5.70. The highest BCUT2D eigenvalue weighted by atomic mass is 35.5. The van der Waals surface area contributed by atoms with Crippen molar-refractivity contribution < 1.29 is 19.1 Å². The quantitative estimate of drug-likeness (QED) is 0.413. The second kappa shape index (κ2) is 7.24. The molecule has 0 N–H and O–H groups in total. The van der Waals surface area contributed by atoms with Crippen molar-refractivity contribution in [3.63, 3.8) is 0 Å². The summed E-state index contributed by atoms with van der Waals surface area (Å²) >= 11 is 6.20. The number of fused-ring (bicyclic) bond motifs is 5. The average Bonchev–Trinajstić information content (AvgIpc) is 3.36. The number of rotatable bonds is 6. The van der Waals surface area contributed by atoms with Crippen LogP contribution in [0.15, 0.2) is 29.4 Å². The Labute approximate surface area is 169 Å². The van der Waals surface area contributed by atoms with Gasteiger partial charge in [0, 0.05) is 16.7 Å². The molecule has 2 aliphatic carbocycles. The molecule has 0 aromatic heterocycles. The lowest BCUT2D eigenvalue weighted by molar-refractivity contribution is -0.140. The number of hydrogen-bond donors (Lipinski definition) is 0. The predicted octanol–water partition coefficient (Wildman–Crippen LogP) is 3.67. The second-order valence-electron chi connectivity index (χ2n) is 7.60. The van der Waals surface area contributed by atoms with E-state index < -0.39 is 0 Å². The van der Waals surface area contributed by atoms with Crippen molar-refractivity contribution >= 4 is 29.6 Å². The maximum atomic E-state index is 12.8. The topological polar surface area (TPSA) is 68.2 Å². The molecule has 3 aliphatic rings. The first-order valence-electron chi connectivity index (χ1n) is 9.58. The molecule has 6 nitrogen and oxygen atoms in total. The van der Waals surface area contributed by atoms with Crippen LogP contribution < -0.4 is 9.47 Å². The molecule has 2 fully saturated rings. The van der Waals surface area contributed by atoms with E-state index in [0.29, 0.717) is 22.1 Å². The Hall–Kier alpha value is -2.34. The number of ether oxygens (including phenoxy) is 2. The first-order valence-corrected chi connectivity index (χ1v) is 9.96. The van der Waals surface area contributed by atoms with E-state index in [1.54, 1.807) is 12.1 Å². The van der Waals surface area contributed by atoms with E-state index in [2.05, 4.69) is 17.3 Å². The van der Waals surface area contributed by atoms with Crippen LogP contribution in [-0.2, 0) is 9.59 Å². The van der Waals surface area contributed by atoms with Gasteiger partial charge in [0.05, 0.1) is 31.3 Å². The molecule has 1 aliphatic heterocycles. The molecule has 7 heteroatoms. The largest absolute Gasteiger partial charge is 0.493 e. The molecule has 4 rings (SSSR count). The highest BCUT2D eigenvalue weighted by Gasteiger charge is 2.59. The normalized spacial score (nSPS) is 29.1. The Balaban J connectivity index is 1.64. The number of carbonyl (C=O) groups excluding carboxylic acids is 2. The monoisotopic (exact) mass is 402 g/mol. The van der Waals surface area contributed by atoms with E-state index in [-0.39, 0.29) is 41.6 Å². The zero-order valence-electron chi connectivity index (χ0n) is 16.1. The SMILES string of the molecule is CC[C@@H](C)Oc1c(C=NN2C(=O)[C@@H]3[C@H](C2=O)[C@H]2C=C[C@H]3C2)cc(Cl)cc1OC. The van der Waals surface area contributed by atoms with Crippen LogP contribution in [0.1, 0.15) is 32.3 Å². The summed E-state index contributed by atoms with van der Waals surface area (Å²) in [4.78, 5) is 25.6. The Bertz CT molecular complexity index is 851. The predicted molar refractivity (Wildman–Crippen MR) is 106 cm³/mol. The van der Waals surface area contributed by atoms with Crippen LogP contribution in [0.2, 0.25) is 5.02 Å². The highest BCUT2D eigenvalue weighted by molar-refractivity contribution is 6.31. The van der Waals surface area contributed by atoms with Crippen molar-refractivity contribution in [3.8, 4) is 11.5 Å². The molecule has 1 saturated carbocycles. The Morgan fingerprint density at radius 1 is 1.25 bits per heavy atom. The molecule has 0 spiro atoms. The molecular formula is C21H23ClN2O4. The standard InChI is InChI=1S/C21H23ClN2O4/c1-4-11(2)28-19-14(8-15(22)9-16(19)27-3)10-23-24-20(25)17-12-5-6-13(7-12)18(17)21(24)26/h5-6,8-13,17-18H,4,7H2,1-3H3/t11-,12+,13+,17-,18+/m1/s1. The third-order valence-electron chi connectivity index (χ3n) is 5.92. The maximum Gasteiger partial charge on any atom is 0.254 e. The van der Waals surface area contributed by atoms with Crippen molar-refractivity contribution in [2.75, 3.05) is 7.11 Å². The van der Waals surface area contributed by atoms with Gasteiger partial charge in [-0.3, -0.25) is 9.59 Å². The molecule has 1 aromatic carbocycles. The third kappa shape index (κ3) is 3.00. The lowest BCUT2D eigenvalue weighted by Crippen LogP contribution is -2.28. The summed E-state index contributed by atoms with van der Waals surface area (Å²) in [6, 6.07) is 3.35. The lowest BCUT2D eigenvalue weighted by Gasteiger charge is -2.18. The number of hydrogen-bond acceptors (Lipinski definition) is 5. The summed E-state index contributed by atoms with van der Waals surface area (Å²) in [7, 11) is 1.54. The molecule has 0 radical (unpaired) electrons. The minimum Gasteiger partial charge on any atom is -0.493 e. The van der Waals surface area contributed by atoms with Crippen LogP contribution in [-0.4, -0.2) is 36.3 Å². The smallest absolute Gasteiger partial charge is 0.254 e. The van der Waals surface area contributed by atoms with Gasteiger partial charge in [-0.15, -0.1) is 0 Å². The average molecular weight is 403 g/mol. The first-order chi connectivity index (χ1) is 13.4. The third-order valence-corrected chi connectivity index (χ3v) is 6.14. The molecule has 1 saturated heterocycles. The van der Waals surface area contributed by atoms with Gasteiger partial charge in [0.25, 0.3) is 11.8 Å². The molecule has 1 aromatic rings. The minimum atomic E-state index is -0.274. The van der Waals surface area contributed by atoms with Crippen molar-refractivity contribution in [1.29, 1.82) is 0 Å². The number of imide groups is 1. The fourth-order valence-electron chi connectivity index (χ4n) is 4.37. The lowest BCUT2D eigenvalue weighted by atomic mass is 9.85. The first kappa shape index (κ1) is 19.0. The molecule has 2 bridgehead atoms. The van der Waals surface area contributed by atoms with Gasteiger partial charge in [-0.05, 0) is 37.7 Å². The van der Waals surface area contributed by atoms with Crippen molar-refractivity contribution in [2.45, 2.75) is 32.8 Å². The minimum absolute atomic E-state index is 0.0432. The van der Waals surface area contributed by atoms with Gasteiger partial charge in [-0.2, -0.15) is 10.1 Å². The highest BCUT2D eigenvalue weighted by Crippen LogP contribution is 2.52. The van der Waals surface area contributed by atoms with E-state index in [1.165, 1.54) is 13.3 Å². The van der Waals surface area contributed by atoms with Gasteiger partial charge >= 0.3 is 0 Å².